The molecule has 5 heteroatoms. The standard InChI is InChI=1S/C45H87NO4/c1-5-7-29-42-33-25-19-20-26-34-43(30-8-6-2)40-45(48)50-38-28-22-16-12-10-14-18-24-32-41(35-36-46(3)4)31-23-17-13-9-11-15-21-27-37-49-44(47)39-42/h41-43H,5-40H2,1-4H3. The highest BCUT2D eigenvalue weighted by molar-refractivity contribution is 5.70. The van der Waals surface area contributed by atoms with Gasteiger partial charge in [-0.25, -0.2) is 0 Å². The zero-order valence-electron chi connectivity index (χ0n) is 34.3. The first-order valence-electron chi connectivity index (χ1n) is 22.4. The van der Waals surface area contributed by atoms with Crippen LogP contribution < -0.4 is 0 Å². The number of carbonyl (C=O) groups excluding carboxylic acids is 2. The number of ether oxygens (including phenoxy) is 2. The first-order valence-corrected chi connectivity index (χ1v) is 22.4. The van der Waals surface area contributed by atoms with Crippen molar-refractivity contribution in [3.63, 3.8) is 0 Å². The molecule has 0 bridgehead atoms. The van der Waals surface area contributed by atoms with Crippen molar-refractivity contribution in [1.29, 1.82) is 0 Å². The molecule has 5 nitrogen and oxygen atoms in total. The summed E-state index contributed by atoms with van der Waals surface area (Å²) in [7, 11) is 4.42. The van der Waals surface area contributed by atoms with Crippen molar-refractivity contribution in [2.24, 2.45) is 17.8 Å². The van der Waals surface area contributed by atoms with Gasteiger partial charge in [0.1, 0.15) is 0 Å². The minimum atomic E-state index is 0.0216. The predicted molar refractivity (Wildman–Crippen MR) is 215 cm³/mol. The molecule has 0 aromatic carbocycles. The van der Waals surface area contributed by atoms with E-state index < -0.39 is 0 Å². The lowest BCUT2D eigenvalue weighted by molar-refractivity contribution is -0.146. The van der Waals surface area contributed by atoms with Gasteiger partial charge in [-0.1, -0.05) is 168 Å². The average molecular weight is 706 g/mol. The predicted octanol–water partition coefficient (Wildman–Crippen LogP) is 13.4. The Balaban J connectivity index is 2.56. The Kier molecular flexibility index (Phi) is 32.8. The van der Waals surface area contributed by atoms with E-state index in [0.717, 1.165) is 44.4 Å². The van der Waals surface area contributed by atoms with Crippen LogP contribution in [0, 0.1) is 17.8 Å². The van der Waals surface area contributed by atoms with Crippen LogP contribution in [0.5, 0.6) is 0 Å². The van der Waals surface area contributed by atoms with Gasteiger partial charge in [-0.3, -0.25) is 9.59 Å². The third kappa shape index (κ3) is 30.5. The Labute approximate surface area is 312 Å². The van der Waals surface area contributed by atoms with Gasteiger partial charge in [-0.05, 0) is 83.3 Å². The van der Waals surface area contributed by atoms with E-state index in [0.29, 0.717) is 37.9 Å². The molecular formula is C45H87NO4. The quantitative estimate of drug-likeness (QED) is 0.224. The molecule has 2 atom stereocenters. The number of cyclic esters (lactones) is 2. The highest BCUT2D eigenvalue weighted by atomic mass is 16.5. The number of hydrogen-bond donors (Lipinski definition) is 0. The highest BCUT2D eigenvalue weighted by Gasteiger charge is 2.17. The van der Waals surface area contributed by atoms with Crippen molar-refractivity contribution in [2.45, 2.75) is 226 Å². The Morgan fingerprint density at radius 3 is 1.12 bits per heavy atom. The maximum absolute atomic E-state index is 12.7. The molecule has 1 fully saturated rings. The molecule has 0 amide bonds. The van der Waals surface area contributed by atoms with E-state index in [4.69, 9.17) is 9.47 Å². The van der Waals surface area contributed by atoms with Crippen LogP contribution in [0.3, 0.4) is 0 Å². The number of hydrogen-bond acceptors (Lipinski definition) is 5. The van der Waals surface area contributed by atoms with Gasteiger partial charge in [0, 0.05) is 12.8 Å². The second-order valence-electron chi connectivity index (χ2n) is 16.5. The second-order valence-corrected chi connectivity index (χ2v) is 16.5. The van der Waals surface area contributed by atoms with Gasteiger partial charge in [0.15, 0.2) is 0 Å². The van der Waals surface area contributed by atoms with E-state index in [2.05, 4.69) is 32.8 Å². The zero-order chi connectivity index (χ0) is 36.3. The molecule has 1 heterocycles. The topological polar surface area (TPSA) is 55.8 Å². The van der Waals surface area contributed by atoms with E-state index in [1.165, 1.54) is 167 Å². The first-order chi connectivity index (χ1) is 24.4. The summed E-state index contributed by atoms with van der Waals surface area (Å²) in [5.41, 5.74) is 0. The molecule has 1 rings (SSSR count). The lowest BCUT2D eigenvalue weighted by atomic mass is 9.90. The van der Waals surface area contributed by atoms with E-state index >= 15 is 0 Å². The summed E-state index contributed by atoms with van der Waals surface area (Å²) in [6.45, 7) is 6.90. The van der Waals surface area contributed by atoms with E-state index in [1.54, 1.807) is 0 Å². The molecule has 0 N–H and O–H groups in total. The van der Waals surface area contributed by atoms with Crippen LogP contribution in [0.15, 0.2) is 0 Å². The van der Waals surface area contributed by atoms with Gasteiger partial charge in [0.25, 0.3) is 0 Å². The zero-order valence-corrected chi connectivity index (χ0v) is 34.3. The van der Waals surface area contributed by atoms with Crippen molar-refractivity contribution in [3.8, 4) is 0 Å². The van der Waals surface area contributed by atoms with Crippen LogP contribution in [-0.2, 0) is 19.1 Å². The molecule has 0 saturated carbocycles. The number of rotatable bonds is 9. The lowest BCUT2D eigenvalue weighted by Gasteiger charge is -2.19. The third-order valence-electron chi connectivity index (χ3n) is 11.3. The first kappa shape index (κ1) is 46.9. The van der Waals surface area contributed by atoms with Gasteiger partial charge in [-0.2, -0.15) is 0 Å². The number of esters is 2. The van der Waals surface area contributed by atoms with Gasteiger partial charge in [-0.15, -0.1) is 0 Å². The summed E-state index contributed by atoms with van der Waals surface area (Å²) >= 11 is 0. The molecule has 0 aromatic rings. The van der Waals surface area contributed by atoms with E-state index in [9.17, 15) is 9.59 Å². The van der Waals surface area contributed by atoms with Gasteiger partial charge in [0.05, 0.1) is 13.2 Å². The summed E-state index contributed by atoms with van der Waals surface area (Å²) in [6.07, 6.45) is 40.1. The summed E-state index contributed by atoms with van der Waals surface area (Å²) in [6, 6.07) is 0. The van der Waals surface area contributed by atoms with E-state index in [-0.39, 0.29) is 11.9 Å². The third-order valence-corrected chi connectivity index (χ3v) is 11.3. The molecule has 0 aliphatic carbocycles. The summed E-state index contributed by atoms with van der Waals surface area (Å²) in [4.78, 5) is 27.7. The van der Waals surface area contributed by atoms with Crippen molar-refractivity contribution in [1.82, 2.24) is 4.90 Å². The number of carbonyl (C=O) groups is 2. The maximum Gasteiger partial charge on any atom is 0.306 e. The smallest absolute Gasteiger partial charge is 0.306 e. The molecule has 296 valence electrons. The Hall–Kier alpha value is -1.10. The average Bonchev–Trinajstić information content (AvgIpc) is 3.09. The minimum absolute atomic E-state index is 0.0216. The van der Waals surface area contributed by atoms with Gasteiger partial charge >= 0.3 is 11.9 Å². The van der Waals surface area contributed by atoms with E-state index in [1.807, 2.05) is 0 Å². The molecule has 0 aromatic heterocycles. The molecular weight excluding hydrogens is 618 g/mol. The van der Waals surface area contributed by atoms with Crippen LogP contribution >= 0.6 is 0 Å². The molecule has 0 radical (unpaired) electrons. The Morgan fingerprint density at radius 2 is 0.780 bits per heavy atom. The molecule has 1 aliphatic heterocycles. The lowest BCUT2D eigenvalue weighted by Crippen LogP contribution is -2.17. The largest absolute Gasteiger partial charge is 0.466 e. The monoisotopic (exact) mass is 706 g/mol. The van der Waals surface area contributed by atoms with Crippen LogP contribution in [0.25, 0.3) is 0 Å². The van der Waals surface area contributed by atoms with Gasteiger partial charge in [0.2, 0.25) is 0 Å². The Morgan fingerprint density at radius 1 is 0.460 bits per heavy atom. The summed E-state index contributed by atoms with van der Waals surface area (Å²) in [5.74, 6) is 1.86. The molecule has 2 unspecified atom stereocenters. The Bertz CT molecular complexity index is 699. The maximum atomic E-state index is 12.7. The fourth-order valence-corrected chi connectivity index (χ4v) is 7.93. The highest BCUT2D eigenvalue weighted by Crippen LogP contribution is 2.25. The van der Waals surface area contributed by atoms with Crippen molar-refractivity contribution in [3.05, 3.63) is 0 Å². The van der Waals surface area contributed by atoms with Crippen molar-refractivity contribution < 1.29 is 19.1 Å². The van der Waals surface area contributed by atoms with Crippen molar-refractivity contribution >= 4 is 11.9 Å². The second kappa shape index (κ2) is 35.0. The number of nitrogens with zero attached hydrogens (tertiary/aromatic N) is 1. The molecule has 1 aliphatic rings. The number of unbranched alkanes of at least 4 members (excludes halogenated alkanes) is 2. The van der Waals surface area contributed by atoms with Crippen LogP contribution in [0.1, 0.15) is 226 Å². The molecule has 1 saturated heterocycles. The molecule has 50 heavy (non-hydrogen) atoms. The van der Waals surface area contributed by atoms with Gasteiger partial charge < -0.3 is 14.4 Å². The fraction of sp³-hybridized carbons (Fsp3) is 0.956. The summed E-state index contributed by atoms with van der Waals surface area (Å²) < 4.78 is 11.4. The van der Waals surface area contributed by atoms with Crippen LogP contribution in [-0.4, -0.2) is 50.7 Å². The SMILES string of the molecule is CCCCC1CCCCCCC(CCCC)CC(=O)OCCCCCCCCCCC(CCN(C)C)CCCCCCCCCCOC(=O)C1. The van der Waals surface area contributed by atoms with Crippen molar-refractivity contribution in [2.75, 3.05) is 33.9 Å². The fourth-order valence-electron chi connectivity index (χ4n) is 7.93. The van der Waals surface area contributed by atoms with Crippen LogP contribution in [0.2, 0.25) is 0 Å². The van der Waals surface area contributed by atoms with Crippen LogP contribution in [0.4, 0.5) is 0 Å². The minimum Gasteiger partial charge on any atom is -0.466 e. The summed E-state index contributed by atoms with van der Waals surface area (Å²) in [5, 5.41) is 0. The normalized spacial score (nSPS) is 24.8. The molecule has 0 spiro atoms.